The van der Waals surface area contributed by atoms with Crippen molar-refractivity contribution in [1.29, 1.82) is 0 Å². The summed E-state index contributed by atoms with van der Waals surface area (Å²) in [6, 6.07) is 0. The second kappa shape index (κ2) is 41.7. The van der Waals surface area contributed by atoms with Crippen LogP contribution in [0.2, 0.25) is 0 Å². The number of allylic oxidation sites excluding steroid dienone is 16. The zero-order valence-corrected chi connectivity index (χ0v) is 55.7. The van der Waals surface area contributed by atoms with Gasteiger partial charge in [-0.2, -0.15) is 0 Å². The molecule has 0 saturated heterocycles. The van der Waals surface area contributed by atoms with Crippen molar-refractivity contribution < 1.29 is 48.5 Å². The number of aliphatic hydroxyl groups is 2. The number of Topliss-reactive ketones (excluding diaryl/α,β-unsaturated/α-hetero) is 2. The van der Waals surface area contributed by atoms with Gasteiger partial charge in [0.25, 0.3) is 0 Å². The smallest absolute Gasteiger partial charge is 0.331 e. The second-order valence-corrected chi connectivity index (χ2v) is 26.4. The summed E-state index contributed by atoms with van der Waals surface area (Å²) in [6.45, 7) is 36.5. The molecule has 0 radical (unpaired) electrons. The van der Waals surface area contributed by atoms with Gasteiger partial charge < -0.3 is 30.3 Å². The molecule has 2 heterocycles. The molecular weight excluding hydrogens is 1090 g/mol. The molecule has 0 bridgehead atoms. The van der Waals surface area contributed by atoms with Crippen molar-refractivity contribution in [2.75, 3.05) is 24.6 Å². The molecule has 84 heavy (non-hydrogen) atoms. The van der Waals surface area contributed by atoms with Crippen LogP contribution in [-0.2, 0) is 38.2 Å². The average molecular weight is 1200 g/mol. The number of aliphatic hydroxyl groups excluding tert-OH is 2. The summed E-state index contributed by atoms with van der Waals surface area (Å²) in [7, 11) is 3.52. The maximum absolute atomic E-state index is 13.1. The van der Waals surface area contributed by atoms with E-state index in [1.807, 2.05) is 151 Å². The van der Waals surface area contributed by atoms with E-state index in [1.54, 1.807) is 47.6 Å². The number of ether oxygens (including phenoxy) is 2. The van der Waals surface area contributed by atoms with Crippen LogP contribution in [0.3, 0.4) is 0 Å². The molecule has 3 unspecified atom stereocenters. The molecule has 2 aliphatic rings. The number of likely N-dealkylation sites (N-methyl/N-ethyl adjacent to an activating group) is 1. The van der Waals surface area contributed by atoms with Crippen LogP contribution in [0.15, 0.2) is 143 Å². The summed E-state index contributed by atoms with van der Waals surface area (Å²) in [4.78, 5) is 73.1. The van der Waals surface area contributed by atoms with Crippen molar-refractivity contribution in [2.24, 2.45) is 59.2 Å². The number of cyclic esters (lactones) is 2. The highest BCUT2D eigenvalue weighted by Crippen LogP contribution is 2.27. The van der Waals surface area contributed by atoms with Gasteiger partial charge in [0.2, 0.25) is 11.8 Å². The number of rotatable bonds is 34. The Bertz CT molecular complexity index is 2510. The molecule has 0 spiro atoms. The highest BCUT2D eigenvalue weighted by atomic mass is 33.1. The van der Waals surface area contributed by atoms with Gasteiger partial charge in [-0.25, -0.2) is 9.59 Å². The van der Waals surface area contributed by atoms with E-state index in [-0.39, 0.29) is 83.0 Å². The maximum Gasteiger partial charge on any atom is 0.331 e. The van der Waals surface area contributed by atoms with E-state index < -0.39 is 24.0 Å². The molecule has 0 aromatic rings. The first-order valence-corrected chi connectivity index (χ1v) is 32.8. The van der Waals surface area contributed by atoms with Crippen molar-refractivity contribution in [3.63, 3.8) is 0 Å². The Morgan fingerprint density at radius 1 is 0.571 bits per heavy atom. The number of ketones is 2. The fourth-order valence-corrected chi connectivity index (χ4v) is 11.5. The topological polar surface area (TPSA) is 185 Å². The Labute approximate surface area is 514 Å². The van der Waals surface area contributed by atoms with Crippen molar-refractivity contribution in [2.45, 2.75) is 175 Å². The minimum absolute atomic E-state index is 0.00428. The molecule has 4 N–H and O–H groups in total. The van der Waals surface area contributed by atoms with E-state index >= 15 is 0 Å². The highest BCUT2D eigenvalue weighted by molar-refractivity contribution is 8.76. The van der Waals surface area contributed by atoms with Crippen molar-refractivity contribution >= 4 is 56.9 Å². The zero-order valence-electron chi connectivity index (χ0n) is 54.1. The summed E-state index contributed by atoms with van der Waals surface area (Å²) in [5, 5.41) is 27.4. The molecule has 2 rings (SSSR count). The predicted molar refractivity (Wildman–Crippen MR) is 352 cm³/mol. The summed E-state index contributed by atoms with van der Waals surface area (Å²) in [6.07, 6.45) is 35.1. The van der Waals surface area contributed by atoms with E-state index in [0.717, 1.165) is 57.8 Å². The van der Waals surface area contributed by atoms with Crippen LogP contribution in [0.4, 0.5) is 0 Å². The van der Waals surface area contributed by atoms with Gasteiger partial charge in [-0.15, -0.1) is 0 Å². The van der Waals surface area contributed by atoms with Crippen LogP contribution in [-0.4, -0.2) is 94.5 Å². The highest BCUT2D eigenvalue weighted by Gasteiger charge is 2.31. The minimum atomic E-state index is -0.794. The van der Waals surface area contributed by atoms with Crippen LogP contribution >= 0.6 is 21.6 Å². The molecule has 0 saturated carbocycles. The summed E-state index contributed by atoms with van der Waals surface area (Å²) >= 11 is 0. The summed E-state index contributed by atoms with van der Waals surface area (Å²) in [5.74, 6) is 0.0564. The first-order valence-electron chi connectivity index (χ1n) is 30.3. The Hall–Kier alpha value is -5.28. The number of amides is 2. The molecule has 0 aromatic carbocycles. The van der Waals surface area contributed by atoms with Crippen molar-refractivity contribution in [1.82, 2.24) is 10.6 Å². The van der Waals surface area contributed by atoms with Gasteiger partial charge >= 0.3 is 11.9 Å². The Kier molecular flexibility index (Phi) is 38.1. The van der Waals surface area contributed by atoms with Crippen molar-refractivity contribution in [3.8, 4) is 0 Å². The third kappa shape index (κ3) is 32.3. The number of hydrogen-bond acceptors (Lipinski definition) is 12. The van der Waals surface area contributed by atoms with E-state index in [4.69, 9.17) is 9.47 Å². The number of hydrogen-bond donors (Lipinski definition) is 4. The van der Waals surface area contributed by atoms with Crippen LogP contribution in [0.5, 0.6) is 0 Å². The van der Waals surface area contributed by atoms with E-state index in [1.165, 1.54) is 12.2 Å². The van der Waals surface area contributed by atoms with Gasteiger partial charge in [0.15, 0.2) is 0 Å². The molecule has 14 atom stereocenters. The van der Waals surface area contributed by atoms with Crippen LogP contribution < -0.4 is 10.6 Å². The molecule has 0 fully saturated rings. The van der Waals surface area contributed by atoms with E-state index in [9.17, 15) is 39.0 Å². The molecular formula is C70H106N2O10S2. The first kappa shape index (κ1) is 76.7. The molecule has 12 nitrogen and oxygen atoms in total. The van der Waals surface area contributed by atoms with Gasteiger partial charge in [-0.3, -0.25) is 19.2 Å². The molecule has 0 aromatic heterocycles. The lowest BCUT2D eigenvalue weighted by atomic mass is 9.83. The zero-order chi connectivity index (χ0) is 63.6. The van der Waals surface area contributed by atoms with Gasteiger partial charge in [-0.05, 0) is 110 Å². The van der Waals surface area contributed by atoms with Gasteiger partial charge in [-0.1, -0.05) is 204 Å². The normalized spacial score (nSPS) is 22.1. The van der Waals surface area contributed by atoms with Crippen LogP contribution in [0, 0.1) is 59.2 Å². The lowest BCUT2D eigenvalue weighted by Crippen LogP contribution is -2.34. The fraction of sp³-hybridized carbons (Fsp3) is 0.571. The van der Waals surface area contributed by atoms with Crippen molar-refractivity contribution in [3.05, 3.63) is 143 Å². The largest absolute Gasteiger partial charge is 0.454 e. The van der Waals surface area contributed by atoms with E-state index in [0.29, 0.717) is 37.8 Å². The minimum Gasteiger partial charge on any atom is -0.454 e. The van der Waals surface area contributed by atoms with Gasteiger partial charge in [0, 0.05) is 84.4 Å². The molecule has 2 aliphatic heterocycles. The third-order valence-corrected chi connectivity index (χ3v) is 17.2. The van der Waals surface area contributed by atoms with Crippen LogP contribution in [0.1, 0.15) is 150 Å². The number of nitrogens with one attached hydrogen (secondary N) is 2. The Balaban J connectivity index is 0.000000844. The monoisotopic (exact) mass is 1200 g/mol. The third-order valence-electron chi connectivity index (χ3n) is 14.7. The molecule has 2 amide bonds. The molecule has 468 valence electrons. The number of esters is 2. The summed E-state index contributed by atoms with van der Waals surface area (Å²) in [5.41, 5.74) is 6.00. The quantitative estimate of drug-likeness (QED) is 0.0157. The number of carbonyl (C=O) groups excluding carboxylic acids is 6. The fourth-order valence-electron chi connectivity index (χ4n) is 9.92. The maximum atomic E-state index is 13.1. The molecule has 0 aliphatic carbocycles. The van der Waals surface area contributed by atoms with Crippen LogP contribution in [0.25, 0.3) is 0 Å². The SMILES string of the molecule is CCNC(=O)/C=C(\C)C[C@H](C)[C@@H](O)[C@H](C)C(=O)[C@H](C)/C=C(C)/C=C/C[C@@H](C)/C=C(C)\C=C\[C@@H]1OC(=O)C=C[C@@H]1C.CCSSCCNC(=O)/C=C(\C)C[C@H](C)C(O)[C@H](C)C(=O)[C@H](C)/C=C(C)/C=C/CC(C)/C=C(C)\C=C\C1OC(=O)C=C[C@@H]1C. The standard InChI is InChI=1S/C36H55NO5S2.C34H51NO5/c1-10-43-44-19-18-37-33(38)23-27(5)22-30(8)36(41)31(9)35(40)29(7)21-25(3)13-11-12-24(2)20-26(4)14-16-32-28(6)15-17-34(39)42-32;1-10-35-31(36)21-25(5)20-28(8)34(39)29(9)33(38)27(7)19-23(3)13-11-12-22(2)18-24(4)14-16-30-26(6)15-17-32(37)40-30/h11,13-17,20-21,23-24,28-32,36,41H,10,12,18-19,22H2,1-9H3,(H,37,38);11,13-19,21-22,26-30,34,39H,10,12,20H2,1-9H3,(H,35,36)/b13-11+,16-14+,25-21+,26-20-,27-23+;13-11+,16-14+,23-19+,24-18-,25-21+/t24?,28-,29+,30-,31+,32?,36?;22-,26+,27-,28+,29-,30+,34-/m01/s1. The Morgan fingerprint density at radius 3 is 1.33 bits per heavy atom. The lowest BCUT2D eigenvalue weighted by molar-refractivity contribution is -0.144. The van der Waals surface area contributed by atoms with Gasteiger partial charge in [0.1, 0.15) is 23.8 Å². The predicted octanol–water partition coefficient (Wildman–Crippen LogP) is 14.3. The Morgan fingerprint density at radius 2 is 0.952 bits per heavy atom. The average Bonchev–Trinajstić information content (AvgIpc) is 3.60. The second-order valence-electron chi connectivity index (χ2n) is 23.5. The number of carbonyl (C=O) groups is 6. The first-order chi connectivity index (χ1) is 39.5. The lowest BCUT2D eigenvalue weighted by Gasteiger charge is -2.25. The molecule has 14 heteroatoms. The van der Waals surface area contributed by atoms with E-state index in [2.05, 4.69) is 55.7 Å². The summed E-state index contributed by atoms with van der Waals surface area (Å²) < 4.78 is 10.7. The van der Waals surface area contributed by atoms with Gasteiger partial charge in [0.05, 0.1) is 12.2 Å².